The maximum Gasteiger partial charge on any atom is 0.344 e. The first-order valence-electron chi connectivity index (χ1n) is 29.3. The van der Waals surface area contributed by atoms with Crippen LogP contribution in [0, 0.1) is 52.1 Å². The van der Waals surface area contributed by atoms with E-state index in [9.17, 15) is 102 Å². The third-order valence-corrected chi connectivity index (χ3v) is 13.7. The number of carboxylic acid groups (broad SMARTS) is 2. The molecule has 37 heteroatoms. The molecule has 0 saturated carbocycles. The summed E-state index contributed by atoms with van der Waals surface area (Å²) in [6.07, 6.45) is -0.805. The molecule has 0 aliphatic rings. The maximum atomic E-state index is 13.5. The molecule has 100 heavy (non-hydrogen) atoms. The number of nitrogen functional groups attached to an aromatic ring is 1. The van der Waals surface area contributed by atoms with Crippen LogP contribution < -0.4 is 27.8 Å². The van der Waals surface area contributed by atoms with Crippen molar-refractivity contribution in [2.75, 3.05) is 32.2 Å². The lowest BCUT2D eigenvalue weighted by Crippen LogP contribution is -2.62. The highest BCUT2D eigenvalue weighted by Gasteiger charge is 2.52. The first-order chi connectivity index (χ1) is 46.6. The fourth-order valence-corrected chi connectivity index (χ4v) is 8.95. The van der Waals surface area contributed by atoms with E-state index < -0.39 is 144 Å². The standard InChI is InChI=1S/C18H22N2O8.C16H19FN2O7.C11H12N2O5.C11H14N2O3.C7H5BrFNO2/c1-5-27-16(23)18(19-12(4)22,17(24)28-6-2)10-13-7-8-14(11(3)21)15(9-13)20(25)26;1-4-25-14(21)16(18-10(3)20,15(22)26-5-2)9-11-6-7-12(17)13(8-11)19(23)24;1-6(14)8-3-2-7(4-9(12)11(15)16)5-10(8)13(17)18;1-6(14)8-3-2-7(4-9(8)12)5-10(13)11(15)16;8-4-5-1-2-6(9)7(3-5)10(11)12/h7-9H,5-6,10H2,1-4H3,(H,19,22);6-8H,4-5,9H2,1-3H3,(H,18,20);2-3,5,9H,4,12H2,1H3,(H,15,16);2-4,10H,5,12-13H2,1H3,(H,15,16);1-3H,4H2. The number of alkyl halides is 1. The maximum absolute atomic E-state index is 13.5. The number of amides is 2. The number of hydrogen-bond donors (Lipinski definition) is 7. The number of carboxylic acids is 2. The summed E-state index contributed by atoms with van der Waals surface area (Å²) in [6.45, 7) is 11.8. The molecule has 2 unspecified atom stereocenters. The molecule has 2 amide bonds. The summed E-state index contributed by atoms with van der Waals surface area (Å²) >= 11 is 3.12. The van der Waals surface area contributed by atoms with Crippen LogP contribution in [0.4, 0.5) is 37.2 Å². The number of anilines is 1. The third-order valence-electron chi connectivity index (χ3n) is 13.1. The zero-order chi connectivity index (χ0) is 76.7. The minimum atomic E-state index is -2.25. The minimum Gasteiger partial charge on any atom is -0.480 e. The van der Waals surface area contributed by atoms with E-state index in [2.05, 4.69) is 26.6 Å². The summed E-state index contributed by atoms with van der Waals surface area (Å²) < 4.78 is 45.9. The van der Waals surface area contributed by atoms with Crippen molar-refractivity contribution in [3.05, 3.63) is 188 Å². The zero-order valence-electron chi connectivity index (χ0n) is 55.1. The van der Waals surface area contributed by atoms with Crippen molar-refractivity contribution in [2.24, 2.45) is 11.5 Å². The monoisotopic (exact) mass is 1470 g/mol. The molecule has 5 aromatic carbocycles. The fourth-order valence-electron chi connectivity index (χ4n) is 8.60. The van der Waals surface area contributed by atoms with Crippen LogP contribution in [0.2, 0.25) is 0 Å². The molecule has 10 N–H and O–H groups in total. The fraction of sp³-hybridized carbons (Fsp3) is 0.349. The summed E-state index contributed by atoms with van der Waals surface area (Å²) in [7, 11) is 0. The van der Waals surface area contributed by atoms with Gasteiger partial charge in [0.25, 0.3) is 11.4 Å². The average Bonchev–Trinajstić information content (AvgIpc) is 0.791. The Hall–Kier alpha value is -11.5. The Kier molecular flexibility index (Phi) is 35.4. The number of esters is 4. The molecule has 0 radical (unpaired) electrons. The third kappa shape index (κ3) is 26.2. The number of nitro groups is 4. The lowest BCUT2D eigenvalue weighted by atomic mass is 9.89. The van der Waals surface area contributed by atoms with Gasteiger partial charge < -0.3 is 57.0 Å². The number of nitrogens with zero attached hydrogens (tertiary/aromatic N) is 4. The number of halogens is 3. The van der Waals surface area contributed by atoms with Gasteiger partial charge in [0.2, 0.25) is 34.5 Å². The molecule has 0 spiro atoms. The Morgan fingerprint density at radius 3 is 1.01 bits per heavy atom. The molecule has 0 fully saturated rings. The van der Waals surface area contributed by atoms with Crippen LogP contribution in [0.25, 0.3) is 0 Å². The van der Waals surface area contributed by atoms with E-state index in [1.54, 1.807) is 18.2 Å². The Bertz CT molecular complexity index is 3870. The van der Waals surface area contributed by atoms with Gasteiger partial charge in [-0.05, 0) is 126 Å². The van der Waals surface area contributed by atoms with Gasteiger partial charge in [-0.2, -0.15) is 8.78 Å². The van der Waals surface area contributed by atoms with E-state index in [1.165, 1.54) is 90.9 Å². The Morgan fingerprint density at radius 1 is 0.460 bits per heavy atom. The minimum absolute atomic E-state index is 0.00681. The van der Waals surface area contributed by atoms with Crippen LogP contribution in [-0.4, -0.2) is 144 Å². The van der Waals surface area contributed by atoms with E-state index in [4.69, 9.17) is 46.4 Å². The molecular formula is C63H72BrF2N9O25. The molecule has 2 atom stereocenters. The van der Waals surface area contributed by atoms with Crippen LogP contribution in [0.5, 0.6) is 0 Å². The molecule has 0 bridgehead atoms. The number of hydrogen-bond acceptors (Lipinski definition) is 26. The van der Waals surface area contributed by atoms with E-state index in [0.717, 1.165) is 44.2 Å². The second kappa shape index (κ2) is 40.9. The van der Waals surface area contributed by atoms with Gasteiger partial charge in [-0.3, -0.25) is 74.0 Å². The second-order valence-corrected chi connectivity index (χ2v) is 21.3. The van der Waals surface area contributed by atoms with Gasteiger partial charge in [0.1, 0.15) is 12.1 Å². The van der Waals surface area contributed by atoms with Gasteiger partial charge in [-0.15, -0.1) is 0 Å². The Morgan fingerprint density at radius 2 is 0.730 bits per heavy atom. The number of carbonyl (C=O) groups excluding carboxylic acids is 9. The van der Waals surface area contributed by atoms with Crippen LogP contribution in [0.15, 0.2) is 91.0 Å². The van der Waals surface area contributed by atoms with E-state index >= 15 is 0 Å². The summed E-state index contributed by atoms with van der Waals surface area (Å²) in [6, 6.07) is 17.0. The van der Waals surface area contributed by atoms with Crippen molar-refractivity contribution >= 4 is 109 Å². The highest BCUT2D eigenvalue weighted by molar-refractivity contribution is 9.08. The molecule has 0 saturated heterocycles. The highest BCUT2D eigenvalue weighted by atomic mass is 79.9. The van der Waals surface area contributed by atoms with E-state index in [-0.39, 0.29) is 73.0 Å². The summed E-state index contributed by atoms with van der Waals surface area (Å²) in [5.74, 6) is -10.9. The Balaban J connectivity index is 0.000000643. The number of carbonyl (C=O) groups is 11. The van der Waals surface area contributed by atoms with Gasteiger partial charge in [0.15, 0.2) is 17.3 Å². The smallest absolute Gasteiger partial charge is 0.344 e. The number of rotatable bonds is 28. The number of nitrogens with two attached hydrogens (primary N) is 3. The van der Waals surface area contributed by atoms with Crippen molar-refractivity contribution in [3.8, 4) is 0 Å². The SMILES string of the molecule is CC(=O)c1ccc(CC(N)C(=O)O)cc1N.CC(=O)c1ccc(CC(N)C(=O)O)cc1[N+](=O)[O-].CCOC(=O)C(Cc1ccc(C(C)=O)c([N+](=O)[O-])c1)(NC(C)=O)C(=O)OCC.CCOC(=O)C(Cc1ccc(F)c([N+](=O)[O-])c1)(NC(C)=O)C(=O)OCC.O=[N+]([O-])c1cc(CBr)ccc1F. The van der Waals surface area contributed by atoms with Crippen LogP contribution in [0.1, 0.15) is 121 Å². The summed E-state index contributed by atoms with van der Waals surface area (Å²) in [4.78, 5) is 169. The van der Waals surface area contributed by atoms with Gasteiger partial charge in [0, 0.05) is 67.5 Å². The van der Waals surface area contributed by atoms with Gasteiger partial charge in [-0.1, -0.05) is 46.3 Å². The Labute approximate surface area is 575 Å². The number of Topliss-reactive ketones (excluding diaryl/α,β-unsaturated/α-hetero) is 3. The zero-order valence-corrected chi connectivity index (χ0v) is 56.7. The second-order valence-electron chi connectivity index (χ2n) is 20.7. The predicted octanol–water partition coefficient (Wildman–Crippen LogP) is 6.42. The molecule has 34 nitrogen and oxygen atoms in total. The summed E-state index contributed by atoms with van der Waals surface area (Å²) in [5.41, 5.74) is 12.5. The lowest BCUT2D eigenvalue weighted by Gasteiger charge is -2.29. The first-order valence-corrected chi connectivity index (χ1v) is 30.4. The molecule has 540 valence electrons. The molecule has 0 aliphatic heterocycles. The largest absolute Gasteiger partial charge is 0.480 e. The number of benzene rings is 5. The van der Waals surface area contributed by atoms with Crippen molar-refractivity contribution in [1.29, 1.82) is 0 Å². The molecule has 0 aliphatic carbocycles. The first kappa shape index (κ1) is 86.5. The summed E-state index contributed by atoms with van der Waals surface area (Å²) in [5, 5.41) is 65.5. The molecule has 5 aromatic rings. The number of ketones is 3. The van der Waals surface area contributed by atoms with Crippen molar-refractivity contribution < 1.29 is 110 Å². The van der Waals surface area contributed by atoms with Crippen LogP contribution in [-0.2, 0) is 88.3 Å². The normalized spacial score (nSPS) is 11.1. The van der Waals surface area contributed by atoms with Gasteiger partial charge in [0.05, 0.1) is 57.2 Å². The number of aliphatic carboxylic acids is 2. The number of nitrogens with one attached hydrogen (secondary N) is 2. The quantitative estimate of drug-likeness (QED) is 0.00415. The predicted molar refractivity (Wildman–Crippen MR) is 351 cm³/mol. The van der Waals surface area contributed by atoms with Crippen molar-refractivity contribution in [1.82, 2.24) is 10.6 Å². The van der Waals surface area contributed by atoms with Gasteiger partial charge in [-0.25, -0.2) is 19.2 Å². The topological polar surface area (TPSA) is 540 Å². The number of ether oxygens (including phenoxy) is 4. The molecule has 0 aromatic heterocycles. The van der Waals surface area contributed by atoms with E-state index in [0.29, 0.717) is 33.3 Å². The highest BCUT2D eigenvalue weighted by Crippen LogP contribution is 2.28. The molecule has 0 heterocycles. The van der Waals surface area contributed by atoms with Crippen LogP contribution >= 0.6 is 15.9 Å². The van der Waals surface area contributed by atoms with Crippen molar-refractivity contribution in [3.63, 3.8) is 0 Å². The number of nitro benzene ring substituents is 4. The van der Waals surface area contributed by atoms with Crippen molar-refractivity contribution in [2.45, 2.75) is 116 Å². The molecule has 5 rings (SSSR count). The van der Waals surface area contributed by atoms with Gasteiger partial charge >= 0.3 is 47.2 Å². The molecular weight excluding hydrogens is 1400 g/mol. The van der Waals surface area contributed by atoms with Crippen LogP contribution in [0.3, 0.4) is 0 Å². The lowest BCUT2D eigenvalue weighted by molar-refractivity contribution is -0.387. The van der Waals surface area contributed by atoms with E-state index in [1.807, 2.05) is 0 Å². The average molecular weight is 1470 g/mol.